The van der Waals surface area contributed by atoms with Crippen molar-refractivity contribution < 1.29 is 4.79 Å². The van der Waals surface area contributed by atoms with E-state index in [0.717, 1.165) is 41.9 Å². The van der Waals surface area contributed by atoms with E-state index in [1.807, 2.05) is 17.7 Å². The third kappa shape index (κ3) is 3.54. The van der Waals surface area contributed by atoms with Gasteiger partial charge in [-0.1, -0.05) is 49.4 Å². The summed E-state index contributed by atoms with van der Waals surface area (Å²) in [6.45, 7) is 5.52. The highest BCUT2D eigenvalue weighted by Crippen LogP contribution is 2.38. The number of carbonyl (C=O) groups excluding carboxylic acids is 1. The van der Waals surface area contributed by atoms with Crippen molar-refractivity contribution in [2.75, 3.05) is 6.54 Å². The molecule has 0 saturated heterocycles. The van der Waals surface area contributed by atoms with Crippen LogP contribution in [0.15, 0.2) is 60.8 Å². The second-order valence-corrected chi connectivity index (χ2v) is 8.34. The molecule has 3 heterocycles. The van der Waals surface area contributed by atoms with E-state index >= 15 is 0 Å². The molecule has 5 rings (SSSR count). The molecular formula is C26H28N4O. The molecule has 158 valence electrons. The molecule has 5 heteroatoms. The summed E-state index contributed by atoms with van der Waals surface area (Å²) in [7, 11) is 0. The minimum Gasteiger partial charge on any atom is -0.356 e. The quantitative estimate of drug-likeness (QED) is 0.512. The highest BCUT2D eigenvalue weighted by Gasteiger charge is 2.34. The van der Waals surface area contributed by atoms with Crippen LogP contribution in [0.5, 0.6) is 0 Å². The molecule has 1 aliphatic heterocycles. The Balaban J connectivity index is 1.51. The van der Waals surface area contributed by atoms with Gasteiger partial charge in [-0.3, -0.25) is 9.48 Å². The highest BCUT2D eigenvalue weighted by molar-refractivity contribution is 5.86. The number of nitrogens with zero attached hydrogens (tertiary/aromatic N) is 3. The summed E-state index contributed by atoms with van der Waals surface area (Å²) < 4.78 is 1.90. The van der Waals surface area contributed by atoms with E-state index < -0.39 is 0 Å². The smallest absolute Gasteiger partial charge is 0.225 e. The van der Waals surface area contributed by atoms with Gasteiger partial charge in [0.1, 0.15) is 0 Å². The Morgan fingerprint density at radius 1 is 1.13 bits per heavy atom. The van der Waals surface area contributed by atoms with Crippen molar-refractivity contribution in [3.05, 3.63) is 88.9 Å². The number of fused-ring (bicyclic) bond motifs is 3. The predicted molar refractivity (Wildman–Crippen MR) is 123 cm³/mol. The predicted octanol–water partition coefficient (Wildman–Crippen LogP) is 4.80. The lowest BCUT2D eigenvalue weighted by atomic mass is 9.91. The van der Waals surface area contributed by atoms with E-state index in [0.29, 0.717) is 13.0 Å². The van der Waals surface area contributed by atoms with Gasteiger partial charge in [-0.2, -0.15) is 5.10 Å². The third-order valence-corrected chi connectivity index (χ3v) is 6.52. The van der Waals surface area contributed by atoms with Gasteiger partial charge in [0, 0.05) is 48.0 Å². The van der Waals surface area contributed by atoms with Crippen LogP contribution >= 0.6 is 0 Å². The number of aryl methyl sites for hydroxylation is 3. The zero-order valence-corrected chi connectivity index (χ0v) is 18.1. The first kappa shape index (κ1) is 19.6. The molecule has 4 aromatic rings. The van der Waals surface area contributed by atoms with E-state index in [1.54, 1.807) is 6.20 Å². The maximum absolute atomic E-state index is 13.4. The summed E-state index contributed by atoms with van der Waals surface area (Å²) in [6, 6.07) is 19.1. The molecule has 31 heavy (non-hydrogen) atoms. The van der Waals surface area contributed by atoms with E-state index in [2.05, 4.69) is 70.4 Å². The number of aromatic nitrogens is 3. The Morgan fingerprint density at radius 2 is 1.94 bits per heavy atom. The third-order valence-electron chi connectivity index (χ3n) is 6.52. The van der Waals surface area contributed by atoms with Gasteiger partial charge in [0.15, 0.2) is 0 Å². The van der Waals surface area contributed by atoms with Gasteiger partial charge >= 0.3 is 0 Å². The number of rotatable bonds is 5. The van der Waals surface area contributed by atoms with Crippen LogP contribution in [-0.4, -0.2) is 32.1 Å². The Labute approximate surface area is 182 Å². The number of nitrogens with one attached hydrogen (secondary N) is 1. The van der Waals surface area contributed by atoms with Crippen LogP contribution in [-0.2, 0) is 24.2 Å². The topological polar surface area (TPSA) is 53.9 Å². The monoisotopic (exact) mass is 412 g/mol. The first-order valence-corrected chi connectivity index (χ1v) is 11.1. The van der Waals surface area contributed by atoms with Crippen LogP contribution in [0.4, 0.5) is 0 Å². The Morgan fingerprint density at radius 3 is 2.68 bits per heavy atom. The van der Waals surface area contributed by atoms with Crippen molar-refractivity contribution in [3.63, 3.8) is 0 Å². The lowest BCUT2D eigenvalue weighted by Crippen LogP contribution is -2.41. The zero-order valence-electron chi connectivity index (χ0n) is 18.1. The van der Waals surface area contributed by atoms with Crippen molar-refractivity contribution >= 4 is 16.8 Å². The van der Waals surface area contributed by atoms with Crippen LogP contribution in [0.3, 0.4) is 0 Å². The van der Waals surface area contributed by atoms with Gasteiger partial charge in [-0.25, -0.2) is 0 Å². The van der Waals surface area contributed by atoms with Crippen LogP contribution < -0.4 is 0 Å². The highest BCUT2D eigenvalue weighted by atomic mass is 16.2. The molecule has 1 atom stereocenters. The van der Waals surface area contributed by atoms with Crippen LogP contribution in [0.2, 0.25) is 0 Å². The first-order valence-electron chi connectivity index (χ1n) is 11.1. The minimum atomic E-state index is -0.0896. The lowest BCUT2D eigenvalue weighted by Gasteiger charge is -2.36. The van der Waals surface area contributed by atoms with Crippen LogP contribution in [0, 0.1) is 6.92 Å². The van der Waals surface area contributed by atoms with E-state index in [4.69, 9.17) is 0 Å². The minimum absolute atomic E-state index is 0.0896. The molecular weight excluding hydrogens is 384 g/mol. The van der Waals surface area contributed by atoms with Gasteiger partial charge in [-0.05, 0) is 48.6 Å². The molecule has 0 aliphatic carbocycles. The molecule has 0 radical (unpaired) electrons. The summed E-state index contributed by atoms with van der Waals surface area (Å²) in [5.41, 5.74) is 7.18. The number of amides is 1. The zero-order chi connectivity index (χ0) is 21.4. The Bertz CT molecular complexity index is 1220. The molecule has 1 amide bonds. The second-order valence-electron chi connectivity index (χ2n) is 8.34. The standard InChI is InChI=1S/C26H28N4O/c1-3-19-8-10-20(11-9-19)26-25-22(21-6-4-5-7-23(21)28-25)13-16-29(26)24(31)14-17-30-18(2)12-15-27-30/h4-12,15,26,28H,3,13-14,16-17H2,1-2H3/t26-/m0/s1. The molecule has 0 fully saturated rings. The van der Waals surface area contributed by atoms with E-state index in [1.165, 1.54) is 16.5 Å². The number of hydrogen-bond acceptors (Lipinski definition) is 2. The first-order chi connectivity index (χ1) is 15.2. The SMILES string of the molecule is CCc1ccc([C@H]2c3[nH]c4ccccc4c3CCN2C(=O)CCn2nccc2C)cc1. The van der Waals surface area contributed by atoms with Crippen LogP contribution in [0.25, 0.3) is 10.9 Å². The molecule has 0 spiro atoms. The fraction of sp³-hybridized carbons (Fsp3) is 0.308. The van der Waals surface area contributed by atoms with Crippen molar-refractivity contribution in [1.29, 1.82) is 0 Å². The van der Waals surface area contributed by atoms with Gasteiger partial charge in [0.05, 0.1) is 6.04 Å². The molecule has 0 saturated carbocycles. The van der Waals surface area contributed by atoms with Crippen molar-refractivity contribution in [1.82, 2.24) is 19.7 Å². The Kier molecular flexibility index (Phi) is 5.10. The second kappa shape index (κ2) is 8.06. The molecule has 0 bridgehead atoms. The van der Waals surface area contributed by atoms with E-state index in [-0.39, 0.29) is 11.9 Å². The molecule has 1 aliphatic rings. The summed E-state index contributed by atoms with van der Waals surface area (Å²) in [5, 5.41) is 5.60. The average Bonchev–Trinajstić information content (AvgIpc) is 3.39. The molecule has 5 nitrogen and oxygen atoms in total. The molecule has 2 aromatic heterocycles. The van der Waals surface area contributed by atoms with Crippen molar-refractivity contribution in [2.45, 2.75) is 45.7 Å². The fourth-order valence-corrected chi connectivity index (χ4v) is 4.77. The van der Waals surface area contributed by atoms with Gasteiger partial charge in [-0.15, -0.1) is 0 Å². The normalized spacial score (nSPS) is 15.9. The maximum atomic E-state index is 13.4. The number of para-hydroxylation sites is 1. The fourth-order valence-electron chi connectivity index (χ4n) is 4.77. The molecule has 2 aromatic carbocycles. The van der Waals surface area contributed by atoms with Crippen molar-refractivity contribution in [2.24, 2.45) is 0 Å². The number of hydrogen-bond donors (Lipinski definition) is 1. The number of carbonyl (C=O) groups is 1. The average molecular weight is 413 g/mol. The van der Waals surface area contributed by atoms with Gasteiger partial charge in [0.2, 0.25) is 5.91 Å². The lowest BCUT2D eigenvalue weighted by molar-refractivity contribution is -0.133. The number of H-pyrrole nitrogens is 1. The van der Waals surface area contributed by atoms with Crippen LogP contribution in [0.1, 0.15) is 47.5 Å². The summed E-state index contributed by atoms with van der Waals surface area (Å²) in [6.07, 6.45) is 4.11. The molecule has 1 N–H and O–H groups in total. The summed E-state index contributed by atoms with van der Waals surface area (Å²) >= 11 is 0. The van der Waals surface area contributed by atoms with Crippen molar-refractivity contribution in [3.8, 4) is 0 Å². The maximum Gasteiger partial charge on any atom is 0.225 e. The van der Waals surface area contributed by atoms with Gasteiger partial charge in [0.25, 0.3) is 0 Å². The Hall–Kier alpha value is -3.34. The number of benzene rings is 2. The molecule has 0 unspecified atom stereocenters. The van der Waals surface area contributed by atoms with Gasteiger partial charge < -0.3 is 9.88 Å². The largest absolute Gasteiger partial charge is 0.356 e. The number of aromatic amines is 1. The summed E-state index contributed by atoms with van der Waals surface area (Å²) in [4.78, 5) is 19.1. The summed E-state index contributed by atoms with van der Waals surface area (Å²) in [5.74, 6) is 0.170. The van der Waals surface area contributed by atoms with E-state index in [9.17, 15) is 4.79 Å².